The standard InChI is InChI=1S/C15H17NO4/c1-8-4-5-10-13-12(8)11(16(18)19)6-9(2)14(13)20-7-15(10,3)17/h4,6,10,17H,5,7H2,1-3H3. The van der Waals surface area contributed by atoms with E-state index >= 15 is 0 Å². The van der Waals surface area contributed by atoms with Crippen molar-refractivity contribution in [1.82, 2.24) is 0 Å². The van der Waals surface area contributed by atoms with Gasteiger partial charge in [-0.2, -0.15) is 0 Å². The highest BCUT2D eigenvalue weighted by atomic mass is 16.6. The second-order valence-electron chi connectivity index (χ2n) is 5.91. The Balaban J connectivity index is 2.37. The summed E-state index contributed by atoms with van der Waals surface area (Å²) in [4.78, 5) is 11.0. The van der Waals surface area contributed by atoms with Crippen LogP contribution in [0.1, 0.15) is 42.9 Å². The lowest BCUT2D eigenvalue weighted by Crippen LogP contribution is -2.43. The van der Waals surface area contributed by atoms with E-state index in [1.807, 2.05) is 19.9 Å². The van der Waals surface area contributed by atoms with E-state index < -0.39 is 5.60 Å². The van der Waals surface area contributed by atoms with Gasteiger partial charge in [-0.15, -0.1) is 0 Å². The van der Waals surface area contributed by atoms with E-state index in [9.17, 15) is 15.2 Å². The highest BCUT2D eigenvalue weighted by molar-refractivity contribution is 5.80. The summed E-state index contributed by atoms with van der Waals surface area (Å²) < 4.78 is 5.70. The van der Waals surface area contributed by atoms with E-state index in [-0.39, 0.29) is 23.1 Å². The molecule has 20 heavy (non-hydrogen) atoms. The van der Waals surface area contributed by atoms with Crippen molar-refractivity contribution in [2.24, 2.45) is 0 Å². The normalized spacial score (nSPS) is 27.4. The van der Waals surface area contributed by atoms with E-state index in [2.05, 4.69) is 0 Å². The topological polar surface area (TPSA) is 72.6 Å². The van der Waals surface area contributed by atoms with Gasteiger partial charge >= 0.3 is 0 Å². The van der Waals surface area contributed by atoms with Gasteiger partial charge in [0.15, 0.2) is 0 Å². The molecule has 3 rings (SSSR count). The van der Waals surface area contributed by atoms with E-state index in [0.29, 0.717) is 17.7 Å². The first kappa shape index (κ1) is 13.1. The smallest absolute Gasteiger partial charge is 0.277 e. The minimum Gasteiger partial charge on any atom is -0.490 e. The van der Waals surface area contributed by atoms with Gasteiger partial charge in [0.05, 0.1) is 10.5 Å². The van der Waals surface area contributed by atoms with Crippen molar-refractivity contribution in [1.29, 1.82) is 0 Å². The summed E-state index contributed by atoms with van der Waals surface area (Å²) in [5, 5.41) is 21.9. The summed E-state index contributed by atoms with van der Waals surface area (Å²) >= 11 is 0. The molecule has 0 radical (unpaired) electrons. The number of allylic oxidation sites excluding steroid dienone is 2. The Labute approximate surface area is 117 Å². The first-order valence-electron chi connectivity index (χ1n) is 6.67. The minimum absolute atomic E-state index is 0.0981. The summed E-state index contributed by atoms with van der Waals surface area (Å²) in [6.45, 7) is 5.63. The second-order valence-corrected chi connectivity index (χ2v) is 5.91. The number of ether oxygens (including phenoxy) is 1. The average Bonchev–Trinajstić information content (AvgIpc) is 2.36. The molecule has 0 spiro atoms. The molecular weight excluding hydrogens is 258 g/mol. The lowest BCUT2D eigenvalue weighted by molar-refractivity contribution is -0.385. The third kappa shape index (κ3) is 1.66. The maximum atomic E-state index is 11.3. The van der Waals surface area contributed by atoms with Gasteiger partial charge in [-0.3, -0.25) is 10.1 Å². The molecule has 0 amide bonds. The van der Waals surface area contributed by atoms with Crippen LogP contribution in [0.2, 0.25) is 0 Å². The van der Waals surface area contributed by atoms with Gasteiger partial charge in [-0.25, -0.2) is 0 Å². The Morgan fingerprint density at radius 3 is 2.85 bits per heavy atom. The van der Waals surface area contributed by atoms with Crippen LogP contribution in [0.3, 0.4) is 0 Å². The first-order valence-corrected chi connectivity index (χ1v) is 6.67. The van der Waals surface area contributed by atoms with Gasteiger partial charge in [-0.1, -0.05) is 6.08 Å². The van der Waals surface area contributed by atoms with Crippen LogP contribution in [0.25, 0.3) is 5.57 Å². The molecule has 0 bridgehead atoms. The van der Waals surface area contributed by atoms with Gasteiger partial charge < -0.3 is 9.84 Å². The summed E-state index contributed by atoms with van der Waals surface area (Å²) in [6.07, 6.45) is 2.65. The molecule has 0 saturated carbocycles. The van der Waals surface area contributed by atoms with Gasteiger partial charge in [0.25, 0.3) is 5.69 Å². The zero-order chi connectivity index (χ0) is 14.7. The van der Waals surface area contributed by atoms with Gasteiger partial charge in [0.1, 0.15) is 18.0 Å². The van der Waals surface area contributed by atoms with Crippen molar-refractivity contribution >= 4 is 11.3 Å². The molecule has 2 unspecified atom stereocenters. The Morgan fingerprint density at radius 2 is 2.20 bits per heavy atom. The van der Waals surface area contributed by atoms with Crippen LogP contribution >= 0.6 is 0 Å². The Hall–Kier alpha value is -1.88. The number of nitrogens with zero attached hydrogens (tertiary/aromatic N) is 1. The molecule has 1 aliphatic carbocycles. The molecular formula is C15H17NO4. The highest BCUT2D eigenvalue weighted by Crippen LogP contribution is 2.52. The lowest BCUT2D eigenvalue weighted by atomic mass is 9.72. The predicted octanol–water partition coefficient (Wildman–Crippen LogP) is 2.94. The third-order valence-corrected chi connectivity index (χ3v) is 4.34. The molecule has 2 atom stereocenters. The average molecular weight is 275 g/mol. The summed E-state index contributed by atoms with van der Waals surface area (Å²) in [5.74, 6) is 0.554. The molecule has 2 aliphatic rings. The monoisotopic (exact) mass is 275 g/mol. The molecule has 1 N–H and O–H groups in total. The Kier molecular flexibility index (Phi) is 2.66. The fourth-order valence-corrected chi connectivity index (χ4v) is 3.29. The maximum absolute atomic E-state index is 11.3. The number of nitro benzene ring substituents is 1. The molecule has 1 aromatic carbocycles. The van der Waals surface area contributed by atoms with Crippen molar-refractivity contribution in [3.05, 3.63) is 38.9 Å². The summed E-state index contributed by atoms with van der Waals surface area (Å²) in [6, 6.07) is 1.56. The van der Waals surface area contributed by atoms with Crippen LogP contribution in [0, 0.1) is 17.0 Å². The van der Waals surface area contributed by atoms with Crippen molar-refractivity contribution in [3.63, 3.8) is 0 Å². The fraction of sp³-hybridized carbons (Fsp3) is 0.467. The molecule has 1 aromatic rings. The van der Waals surface area contributed by atoms with Crippen molar-refractivity contribution in [3.8, 4) is 5.75 Å². The van der Waals surface area contributed by atoms with Crippen LogP contribution in [0.15, 0.2) is 12.1 Å². The molecule has 0 saturated heterocycles. The highest BCUT2D eigenvalue weighted by Gasteiger charge is 2.44. The molecule has 0 aromatic heterocycles. The second kappa shape index (κ2) is 4.06. The molecule has 106 valence electrons. The minimum atomic E-state index is -0.999. The summed E-state index contributed by atoms with van der Waals surface area (Å²) in [7, 11) is 0. The first-order chi connectivity index (χ1) is 9.33. The maximum Gasteiger partial charge on any atom is 0.277 e. The molecule has 5 heteroatoms. The Bertz CT molecular complexity index is 646. The fourth-order valence-electron chi connectivity index (χ4n) is 3.29. The van der Waals surface area contributed by atoms with E-state index in [1.165, 1.54) is 0 Å². The summed E-state index contributed by atoms with van der Waals surface area (Å²) in [5.41, 5.74) is 2.15. The van der Waals surface area contributed by atoms with Crippen molar-refractivity contribution < 1.29 is 14.8 Å². The van der Waals surface area contributed by atoms with E-state index in [1.54, 1.807) is 13.0 Å². The van der Waals surface area contributed by atoms with Crippen LogP contribution in [0.4, 0.5) is 5.69 Å². The van der Waals surface area contributed by atoms with Crippen LogP contribution in [0.5, 0.6) is 5.75 Å². The lowest BCUT2D eigenvalue weighted by Gasteiger charge is -2.41. The van der Waals surface area contributed by atoms with Gasteiger partial charge in [0.2, 0.25) is 0 Å². The molecule has 1 aliphatic heterocycles. The molecule has 0 fully saturated rings. The number of rotatable bonds is 1. The van der Waals surface area contributed by atoms with Gasteiger partial charge in [-0.05, 0) is 38.3 Å². The quantitative estimate of drug-likeness (QED) is 0.631. The van der Waals surface area contributed by atoms with Gasteiger partial charge in [0, 0.05) is 17.5 Å². The van der Waals surface area contributed by atoms with Crippen LogP contribution < -0.4 is 4.74 Å². The van der Waals surface area contributed by atoms with Crippen LogP contribution in [-0.2, 0) is 0 Å². The number of aryl methyl sites for hydroxylation is 1. The predicted molar refractivity (Wildman–Crippen MR) is 75.0 cm³/mol. The zero-order valence-corrected chi connectivity index (χ0v) is 11.8. The number of aliphatic hydroxyl groups is 1. The zero-order valence-electron chi connectivity index (χ0n) is 11.8. The number of benzene rings is 1. The third-order valence-electron chi connectivity index (χ3n) is 4.34. The van der Waals surface area contributed by atoms with E-state index in [4.69, 9.17) is 4.74 Å². The molecule has 5 nitrogen and oxygen atoms in total. The largest absolute Gasteiger partial charge is 0.490 e. The van der Waals surface area contributed by atoms with Crippen molar-refractivity contribution in [2.75, 3.05) is 6.61 Å². The number of hydrogen-bond donors (Lipinski definition) is 1. The Morgan fingerprint density at radius 1 is 1.50 bits per heavy atom. The SMILES string of the molecule is CC1=CCC2c3c(c(C)cc([N+](=O)[O-])c31)OCC2(C)O. The number of nitro groups is 1. The number of hydrogen-bond acceptors (Lipinski definition) is 4. The van der Waals surface area contributed by atoms with E-state index in [0.717, 1.165) is 16.7 Å². The van der Waals surface area contributed by atoms with Crippen molar-refractivity contribution in [2.45, 2.75) is 38.7 Å². The molecule has 1 heterocycles. The van der Waals surface area contributed by atoms with Crippen LogP contribution in [-0.4, -0.2) is 22.2 Å².